The van der Waals surface area contributed by atoms with Gasteiger partial charge in [-0.15, -0.1) is 18.3 Å². The molecule has 1 aromatic rings. The molecule has 0 atom stereocenters. The normalized spacial score (nSPS) is 10.4. The molecule has 1 aromatic heterocycles. The monoisotopic (exact) mass is 263 g/mol. The predicted molar refractivity (Wildman–Crippen MR) is 71.0 cm³/mol. The summed E-state index contributed by atoms with van der Waals surface area (Å²) in [6.07, 6.45) is 4.75. The molecule has 1 heterocycles. The Morgan fingerprint density at radius 3 is 2.79 bits per heavy atom. The number of carbonyl (C=O) groups excluding carboxylic acids is 1. The van der Waals surface area contributed by atoms with E-state index in [0.717, 1.165) is 0 Å². The molecule has 7 nitrogen and oxygen atoms in total. The molecule has 0 aliphatic heterocycles. The van der Waals surface area contributed by atoms with Gasteiger partial charge in [0.1, 0.15) is 5.56 Å². The summed E-state index contributed by atoms with van der Waals surface area (Å²) in [6, 6.07) is 0. The number of hydrogen-bond donors (Lipinski definition) is 1. The van der Waals surface area contributed by atoms with E-state index in [1.54, 1.807) is 24.1 Å². The predicted octanol–water partition coefficient (Wildman–Crippen LogP) is 2.26. The van der Waals surface area contributed by atoms with Crippen molar-refractivity contribution in [2.75, 3.05) is 19.7 Å². The maximum absolute atomic E-state index is 11.6. The van der Waals surface area contributed by atoms with E-state index in [-0.39, 0.29) is 11.4 Å². The van der Waals surface area contributed by atoms with Gasteiger partial charge >= 0.3 is 5.97 Å². The Morgan fingerprint density at radius 1 is 1.53 bits per heavy atom. The van der Waals surface area contributed by atoms with Crippen molar-refractivity contribution >= 4 is 11.8 Å². The third kappa shape index (κ3) is 4.38. The van der Waals surface area contributed by atoms with Crippen LogP contribution in [0.4, 0.5) is 5.82 Å². The first-order chi connectivity index (χ1) is 9.22. The third-order valence-corrected chi connectivity index (χ3v) is 2.07. The number of aromatic nitrogens is 2. The number of carbonyl (C=O) groups is 1. The molecule has 0 saturated carbocycles. The van der Waals surface area contributed by atoms with Crippen molar-refractivity contribution < 1.29 is 9.53 Å². The SMILES string of the molecule is C=CCN(CC=C)N=Nc1[nH]ncc1C(=O)OCC. The molecule has 0 amide bonds. The lowest BCUT2D eigenvalue weighted by Gasteiger charge is -2.11. The first kappa shape index (κ1) is 14.6. The van der Waals surface area contributed by atoms with Gasteiger partial charge in [-0.05, 0) is 6.92 Å². The van der Waals surface area contributed by atoms with Crippen LogP contribution in [0, 0.1) is 0 Å². The molecule has 0 spiro atoms. The maximum atomic E-state index is 11.6. The standard InChI is InChI=1S/C12H17N5O2/c1-4-7-17(8-5-2)16-15-11-10(9-13-14-11)12(18)19-6-3/h4-5,9H,1-2,6-8H2,3H3,(H,13,14). The Kier molecular flexibility index (Phi) is 6.00. The Balaban J connectivity index is 2.80. The molecule has 0 aliphatic rings. The van der Waals surface area contributed by atoms with Gasteiger partial charge in [-0.3, -0.25) is 10.1 Å². The molecule has 0 aromatic carbocycles. The van der Waals surface area contributed by atoms with Gasteiger partial charge in [-0.2, -0.15) is 5.10 Å². The highest BCUT2D eigenvalue weighted by Gasteiger charge is 2.14. The van der Waals surface area contributed by atoms with Crippen molar-refractivity contribution in [2.24, 2.45) is 10.3 Å². The van der Waals surface area contributed by atoms with Crippen molar-refractivity contribution in [3.05, 3.63) is 37.1 Å². The Labute approximate surface area is 111 Å². The van der Waals surface area contributed by atoms with Crippen LogP contribution in [0.5, 0.6) is 0 Å². The van der Waals surface area contributed by atoms with Gasteiger partial charge < -0.3 is 4.74 Å². The summed E-state index contributed by atoms with van der Waals surface area (Å²) in [5.74, 6) is -0.222. The zero-order chi connectivity index (χ0) is 14.1. The number of ether oxygens (including phenoxy) is 1. The Morgan fingerprint density at radius 2 is 2.21 bits per heavy atom. The Bertz CT molecular complexity index is 456. The number of nitrogens with zero attached hydrogens (tertiary/aromatic N) is 4. The topological polar surface area (TPSA) is 82.9 Å². The van der Waals surface area contributed by atoms with Gasteiger partial charge in [-0.25, -0.2) is 4.79 Å². The molecule has 0 saturated heterocycles. The second-order valence-corrected chi connectivity index (χ2v) is 3.49. The molecule has 0 aliphatic carbocycles. The minimum Gasteiger partial charge on any atom is -0.462 e. The number of H-pyrrole nitrogens is 1. The van der Waals surface area contributed by atoms with Crippen molar-refractivity contribution in [1.82, 2.24) is 15.2 Å². The van der Waals surface area contributed by atoms with Crippen LogP contribution in [0.3, 0.4) is 0 Å². The van der Waals surface area contributed by atoms with Gasteiger partial charge in [0.2, 0.25) is 0 Å². The minimum atomic E-state index is -0.482. The zero-order valence-electron chi connectivity index (χ0n) is 10.9. The van der Waals surface area contributed by atoms with Crippen LogP contribution < -0.4 is 0 Å². The molecule has 102 valence electrons. The van der Waals surface area contributed by atoms with E-state index in [4.69, 9.17) is 4.74 Å². The van der Waals surface area contributed by atoms with Gasteiger partial charge in [0, 0.05) is 0 Å². The second-order valence-electron chi connectivity index (χ2n) is 3.49. The average molecular weight is 263 g/mol. The van der Waals surface area contributed by atoms with E-state index in [9.17, 15) is 4.79 Å². The largest absolute Gasteiger partial charge is 0.462 e. The van der Waals surface area contributed by atoms with Crippen LogP contribution in [-0.4, -0.2) is 40.9 Å². The quantitative estimate of drug-likeness (QED) is 0.337. The second kappa shape index (κ2) is 7.80. The summed E-state index contributed by atoms with van der Waals surface area (Å²) in [5, 5.41) is 15.9. The number of rotatable bonds is 8. The smallest absolute Gasteiger partial charge is 0.343 e. The molecule has 0 fully saturated rings. The number of nitrogens with one attached hydrogen (secondary N) is 1. The fourth-order valence-electron chi connectivity index (χ4n) is 1.27. The number of esters is 1. The van der Waals surface area contributed by atoms with E-state index >= 15 is 0 Å². The lowest BCUT2D eigenvalue weighted by atomic mass is 10.3. The van der Waals surface area contributed by atoms with E-state index in [1.807, 2.05) is 0 Å². The van der Waals surface area contributed by atoms with Crippen LogP contribution in [0.1, 0.15) is 17.3 Å². The highest BCUT2D eigenvalue weighted by Crippen LogP contribution is 2.16. The molecule has 1 N–H and O–H groups in total. The Hall–Kier alpha value is -2.44. The van der Waals surface area contributed by atoms with Gasteiger partial charge in [0.05, 0.1) is 25.9 Å². The molecule has 7 heteroatoms. The van der Waals surface area contributed by atoms with Crippen LogP contribution in [-0.2, 0) is 4.74 Å². The van der Waals surface area contributed by atoms with Crippen molar-refractivity contribution in [3.63, 3.8) is 0 Å². The molecular formula is C12H17N5O2. The fraction of sp³-hybridized carbons (Fsp3) is 0.333. The molecule has 0 unspecified atom stereocenters. The zero-order valence-corrected chi connectivity index (χ0v) is 10.9. The van der Waals surface area contributed by atoms with E-state index < -0.39 is 5.97 Å². The lowest BCUT2D eigenvalue weighted by molar-refractivity contribution is 0.0527. The molecule has 19 heavy (non-hydrogen) atoms. The van der Waals surface area contributed by atoms with Crippen LogP contribution >= 0.6 is 0 Å². The van der Waals surface area contributed by atoms with Crippen molar-refractivity contribution in [1.29, 1.82) is 0 Å². The average Bonchev–Trinajstić information content (AvgIpc) is 2.85. The number of hydrogen-bond acceptors (Lipinski definition) is 5. The van der Waals surface area contributed by atoms with Crippen LogP contribution in [0.15, 0.2) is 41.8 Å². The highest BCUT2D eigenvalue weighted by molar-refractivity contribution is 5.93. The third-order valence-electron chi connectivity index (χ3n) is 2.07. The van der Waals surface area contributed by atoms with Crippen LogP contribution in [0.25, 0.3) is 0 Å². The van der Waals surface area contributed by atoms with Gasteiger partial charge in [0.25, 0.3) is 0 Å². The lowest BCUT2D eigenvalue weighted by Crippen LogP contribution is -2.16. The van der Waals surface area contributed by atoms with Gasteiger partial charge in [-0.1, -0.05) is 17.4 Å². The maximum Gasteiger partial charge on any atom is 0.343 e. The van der Waals surface area contributed by atoms with Gasteiger partial charge in [0.15, 0.2) is 5.82 Å². The van der Waals surface area contributed by atoms with E-state index in [1.165, 1.54) is 6.20 Å². The number of aromatic amines is 1. The summed E-state index contributed by atoms with van der Waals surface area (Å²) in [4.78, 5) is 11.6. The molecule has 0 bridgehead atoms. The fourth-order valence-corrected chi connectivity index (χ4v) is 1.27. The first-order valence-electron chi connectivity index (χ1n) is 5.81. The highest BCUT2D eigenvalue weighted by atomic mass is 16.5. The summed E-state index contributed by atoms with van der Waals surface area (Å²) in [5.41, 5.74) is 0.253. The minimum absolute atomic E-state index is 0.253. The van der Waals surface area contributed by atoms with E-state index in [2.05, 4.69) is 33.7 Å². The van der Waals surface area contributed by atoms with E-state index in [0.29, 0.717) is 19.7 Å². The summed E-state index contributed by atoms with van der Waals surface area (Å²) >= 11 is 0. The molecule has 1 rings (SSSR count). The molecular weight excluding hydrogens is 246 g/mol. The molecule has 0 radical (unpaired) electrons. The summed E-state index contributed by atoms with van der Waals surface area (Å²) in [7, 11) is 0. The first-order valence-corrected chi connectivity index (χ1v) is 5.81. The van der Waals surface area contributed by atoms with Crippen LogP contribution in [0.2, 0.25) is 0 Å². The van der Waals surface area contributed by atoms with Crippen molar-refractivity contribution in [3.8, 4) is 0 Å². The summed E-state index contributed by atoms with van der Waals surface area (Å²) < 4.78 is 4.88. The van der Waals surface area contributed by atoms with Crippen molar-refractivity contribution in [2.45, 2.75) is 6.92 Å². The summed E-state index contributed by atoms with van der Waals surface area (Å²) in [6.45, 7) is 10.3.